The van der Waals surface area contributed by atoms with Gasteiger partial charge in [-0.2, -0.15) is 5.10 Å². The summed E-state index contributed by atoms with van der Waals surface area (Å²) in [6.45, 7) is 4.11. The van der Waals surface area contributed by atoms with Gasteiger partial charge in [-0.15, -0.1) is 0 Å². The first-order valence-corrected chi connectivity index (χ1v) is 10.1. The molecule has 0 amide bonds. The fourth-order valence-corrected chi connectivity index (χ4v) is 3.86. The van der Waals surface area contributed by atoms with Crippen LogP contribution in [0.5, 0.6) is 0 Å². The number of hydrogen-bond donors (Lipinski definition) is 4. The number of fused-ring (bicyclic) bond motifs is 1. The summed E-state index contributed by atoms with van der Waals surface area (Å²) in [4.78, 5) is 11.6. The molecule has 4 rings (SSSR count). The Hall–Kier alpha value is -3.33. The molecule has 8 N–H and O–H groups in total. The van der Waals surface area contributed by atoms with Crippen LogP contribution in [0.15, 0.2) is 29.5 Å². The van der Waals surface area contributed by atoms with E-state index in [4.69, 9.17) is 32.1 Å². The molecule has 1 saturated carbocycles. The van der Waals surface area contributed by atoms with Crippen molar-refractivity contribution in [1.82, 2.24) is 9.97 Å². The number of morpholine rings is 1. The number of rotatable bonds is 6. The largest absolute Gasteiger partial charge is 0.397 e. The third-order valence-electron chi connectivity index (χ3n) is 5.59. The highest BCUT2D eigenvalue weighted by atomic mass is 16.5. The zero-order valence-electron chi connectivity index (χ0n) is 17.1. The molecule has 0 spiro atoms. The van der Waals surface area contributed by atoms with Gasteiger partial charge in [0.05, 0.1) is 30.5 Å². The average Bonchev–Trinajstić information content (AvgIpc) is 3.58. The summed E-state index contributed by atoms with van der Waals surface area (Å²) in [5.74, 6) is 6.80. The van der Waals surface area contributed by atoms with E-state index in [1.807, 2.05) is 12.1 Å². The number of ether oxygens (including phenoxy) is 1. The molecule has 2 aromatic heterocycles. The Balaban J connectivity index is 1.94. The first-order valence-electron chi connectivity index (χ1n) is 10.1. The number of pyridine rings is 2. The van der Waals surface area contributed by atoms with Crippen LogP contribution in [-0.4, -0.2) is 53.4 Å². The Labute approximate surface area is 174 Å². The highest BCUT2D eigenvalue weighted by molar-refractivity contribution is 6.48. The monoisotopic (exact) mass is 408 g/mol. The van der Waals surface area contributed by atoms with Gasteiger partial charge in [-0.3, -0.25) is 15.8 Å². The van der Waals surface area contributed by atoms with E-state index >= 15 is 0 Å². The summed E-state index contributed by atoms with van der Waals surface area (Å²) in [7, 11) is 0. The number of anilines is 1. The lowest BCUT2D eigenvalue weighted by Gasteiger charge is -2.34. The zero-order valence-corrected chi connectivity index (χ0v) is 17.1. The predicted octanol–water partition coefficient (Wildman–Crippen LogP) is -1.74. The summed E-state index contributed by atoms with van der Waals surface area (Å²) in [6, 6.07) is 4.07. The van der Waals surface area contributed by atoms with Crippen LogP contribution in [0.4, 0.5) is 5.82 Å². The molecule has 1 aliphatic heterocycles. The summed E-state index contributed by atoms with van der Waals surface area (Å²) >= 11 is 0. The second kappa shape index (κ2) is 8.19. The van der Waals surface area contributed by atoms with Crippen LogP contribution in [0.2, 0.25) is 0 Å². The van der Waals surface area contributed by atoms with E-state index in [9.17, 15) is 0 Å². The van der Waals surface area contributed by atoms with Crippen LogP contribution >= 0.6 is 0 Å². The molecule has 0 aromatic carbocycles. The summed E-state index contributed by atoms with van der Waals surface area (Å²) in [6.07, 6.45) is 6.78. The van der Waals surface area contributed by atoms with Crippen LogP contribution in [0.25, 0.3) is 16.6 Å². The first kappa shape index (κ1) is 20.0. The van der Waals surface area contributed by atoms with Crippen LogP contribution < -0.4 is 27.3 Å². The third-order valence-corrected chi connectivity index (χ3v) is 5.59. The zero-order chi connectivity index (χ0) is 21.3. The second-order valence-corrected chi connectivity index (χ2v) is 7.72. The molecule has 156 valence electrons. The van der Waals surface area contributed by atoms with Crippen molar-refractivity contribution in [1.29, 1.82) is 0 Å². The molecule has 2 aliphatic rings. The van der Waals surface area contributed by atoms with E-state index < -0.39 is 0 Å². The molecule has 30 heavy (non-hydrogen) atoms. The van der Waals surface area contributed by atoms with Crippen LogP contribution in [0.3, 0.4) is 0 Å². The SMILES string of the molecule is CC1COCCN1c1cc(C(=[NH2+])C(=NN)C2CC2)c2ccnc(C(N)=CC=[NH2+])c2n1. The lowest BCUT2D eigenvalue weighted by atomic mass is 9.98. The van der Waals surface area contributed by atoms with Gasteiger partial charge in [0.25, 0.3) is 0 Å². The molecular weight excluding hydrogens is 380 g/mol. The lowest BCUT2D eigenvalue weighted by molar-refractivity contribution is -0.109. The highest BCUT2D eigenvalue weighted by Gasteiger charge is 2.35. The van der Waals surface area contributed by atoms with Gasteiger partial charge in [-0.05, 0) is 31.9 Å². The van der Waals surface area contributed by atoms with E-state index in [0.717, 1.165) is 41.9 Å². The van der Waals surface area contributed by atoms with Gasteiger partial charge in [0.15, 0.2) is 6.21 Å². The Bertz CT molecular complexity index is 1060. The van der Waals surface area contributed by atoms with Crippen LogP contribution in [0, 0.1) is 5.92 Å². The minimum atomic E-state index is 0.175. The predicted molar refractivity (Wildman–Crippen MR) is 118 cm³/mol. The number of hydrogen-bond acceptors (Lipinski definition) is 7. The van der Waals surface area contributed by atoms with Crippen molar-refractivity contribution in [2.75, 3.05) is 24.7 Å². The Morgan fingerprint density at radius 3 is 2.87 bits per heavy atom. The minimum absolute atomic E-state index is 0.175. The normalized spacial score (nSPS) is 20.4. The van der Waals surface area contributed by atoms with Crippen molar-refractivity contribution in [3.63, 3.8) is 0 Å². The maximum Gasteiger partial charge on any atom is 0.228 e. The number of nitrogens with two attached hydrogens (primary N) is 4. The Kier molecular flexibility index (Phi) is 5.45. The quantitative estimate of drug-likeness (QED) is 0.253. The van der Waals surface area contributed by atoms with Gasteiger partial charge < -0.3 is 21.2 Å². The maximum absolute atomic E-state index is 6.62. The number of nitrogens with zero attached hydrogens (tertiary/aromatic N) is 4. The molecule has 2 aromatic rings. The van der Waals surface area contributed by atoms with Gasteiger partial charge in [-0.1, -0.05) is 0 Å². The van der Waals surface area contributed by atoms with Gasteiger partial charge >= 0.3 is 0 Å². The first-order chi connectivity index (χ1) is 14.5. The Morgan fingerprint density at radius 2 is 2.20 bits per heavy atom. The van der Waals surface area contributed by atoms with Crippen molar-refractivity contribution in [2.24, 2.45) is 22.6 Å². The highest BCUT2D eigenvalue weighted by Crippen LogP contribution is 2.33. The molecule has 0 bridgehead atoms. The van der Waals surface area contributed by atoms with E-state index in [1.165, 1.54) is 6.21 Å². The van der Waals surface area contributed by atoms with Crippen molar-refractivity contribution in [3.05, 3.63) is 35.7 Å². The van der Waals surface area contributed by atoms with Crippen LogP contribution in [-0.2, 0) is 4.74 Å². The van der Waals surface area contributed by atoms with Gasteiger partial charge in [0.1, 0.15) is 22.7 Å². The summed E-state index contributed by atoms with van der Waals surface area (Å²) in [5.41, 5.74) is 10.0. The summed E-state index contributed by atoms with van der Waals surface area (Å²) < 4.78 is 5.59. The van der Waals surface area contributed by atoms with E-state index in [2.05, 4.69) is 21.9 Å². The fraction of sp³-hybridized carbons (Fsp3) is 0.381. The van der Waals surface area contributed by atoms with Gasteiger partial charge in [-0.25, -0.2) is 4.98 Å². The molecular formula is C21H28N8O+2. The minimum Gasteiger partial charge on any atom is -0.397 e. The number of hydrazone groups is 1. The Morgan fingerprint density at radius 1 is 1.40 bits per heavy atom. The molecule has 1 atom stereocenters. The van der Waals surface area contributed by atoms with Gasteiger partial charge in [0.2, 0.25) is 5.71 Å². The van der Waals surface area contributed by atoms with E-state index in [-0.39, 0.29) is 6.04 Å². The molecule has 1 unspecified atom stereocenters. The second-order valence-electron chi connectivity index (χ2n) is 7.72. The molecule has 9 heteroatoms. The molecule has 3 heterocycles. The standard InChI is InChI=1S/C21H26N8O/c1-12-11-30-9-8-29(12)17-10-15(18(24)19(28-25)13-2-3-13)14-5-7-26-21(20(14)27-17)16(23)4-6-22/h4-7,10,12-13,22,24H,2-3,8-9,11,23,25H2,1H3/p+2. The van der Waals surface area contributed by atoms with E-state index in [0.29, 0.717) is 41.8 Å². The van der Waals surface area contributed by atoms with Crippen molar-refractivity contribution in [2.45, 2.75) is 25.8 Å². The molecule has 2 fully saturated rings. The average molecular weight is 409 g/mol. The molecule has 9 nitrogen and oxygen atoms in total. The molecule has 1 saturated heterocycles. The smallest absolute Gasteiger partial charge is 0.228 e. The molecule has 0 radical (unpaired) electrons. The third kappa shape index (κ3) is 3.63. The fourth-order valence-electron chi connectivity index (χ4n) is 3.86. The maximum atomic E-state index is 6.62. The van der Waals surface area contributed by atoms with Crippen molar-refractivity contribution >= 4 is 40.1 Å². The molecule has 1 aliphatic carbocycles. The van der Waals surface area contributed by atoms with Gasteiger partial charge in [0, 0.05) is 30.1 Å². The van der Waals surface area contributed by atoms with E-state index in [1.54, 1.807) is 12.3 Å². The lowest BCUT2D eigenvalue weighted by Crippen LogP contribution is -2.47. The summed E-state index contributed by atoms with van der Waals surface area (Å²) in [5, 5.41) is 17.0. The number of aromatic nitrogens is 2. The van der Waals surface area contributed by atoms with Crippen LogP contribution in [0.1, 0.15) is 31.0 Å². The van der Waals surface area contributed by atoms with Crippen molar-refractivity contribution in [3.8, 4) is 0 Å². The van der Waals surface area contributed by atoms with Crippen molar-refractivity contribution < 1.29 is 15.6 Å². The number of allylic oxidation sites excluding steroid dienone is 1. The topological polar surface area (TPSA) is 154 Å².